The first-order chi connectivity index (χ1) is 9.72. The molecular formula is C17H17NO2. The smallest absolute Gasteiger partial charge is 0.195 e. The van der Waals surface area contributed by atoms with Gasteiger partial charge in [0.15, 0.2) is 11.7 Å². The summed E-state index contributed by atoms with van der Waals surface area (Å²) in [5, 5.41) is 0. The van der Waals surface area contributed by atoms with Crippen molar-refractivity contribution in [2.24, 2.45) is 4.99 Å². The van der Waals surface area contributed by atoms with Crippen molar-refractivity contribution in [1.29, 1.82) is 0 Å². The molecule has 2 rings (SSSR count). The Morgan fingerprint density at radius 3 is 2.40 bits per heavy atom. The van der Waals surface area contributed by atoms with E-state index in [1.165, 1.54) is 0 Å². The molecule has 0 fully saturated rings. The fraction of sp³-hybridized carbons (Fsp3) is 0.176. The van der Waals surface area contributed by atoms with E-state index >= 15 is 0 Å². The Hall–Kier alpha value is -2.42. The molecule has 0 unspecified atom stereocenters. The van der Waals surface area contributed by atoms with Crippen molar-refractivity contribution in [3.05, 3.63) is 65.7 Å². The molecule has 0 aliphatic heterocycles. The van der Waals surface area contributed by atoms with Crippen molar-refractivity contribution >= 4 is 17.4 Å². The van der Waals surface area contributed by atoms with Gasteiger partial charge in [-0.1, -0.05) is 42.5 Å². The normalized spacial score (nSPS) is 11.2. The summed E-state index contributed by atoms with van der Waals surface area (Å²) in [7, 11) is 0. The highest BCUT2D eigenvalue weighted by atomic mass is 16.5. The van der Waals surface area contributed by atoms with Gasteiger partial charge >= 0.3 is 0 Å². The minimum Gasteiger partial charge on any atom is -0.481 e. The van der Waals surface area contributed by atoms with Gasteiger partial charge in [0.25, 0.3) is 0 Å². The van der Waals surface area contributed by atoms with Gasteiger partial charge in [-0.3, -0.25) is 4.79 Å². The molecule has 0 radical (unpaired) electrons. The van der Waals surface area contributed by atoms with Crippen molar-refractivity contribution in [1.82, 2.24) is 0 Å². The molecule has 2 aromatic carbocycles. The van der Waals surface area contributed by atoms with Crippen LogP contribution in [0.1, 0.15) is 29.8 Å². The molecule has 0 saturated heterocycles. The molecule has 0 aliphatic rings. The van der Waals surface area contributed by atoms with Crippen molar-refractivity contribution in [3.63, 3.8) is 0 Å². The summed E-state index contributed by atoms with van der Waals surface area (Å²) in [5.41, 5.74) is 1.87. The van der Waals surface area contributed by atoms with Crippen molar-refractivity contribution < 1.29 is 9.53 Å². The molecule has 0 spiro atoms. The third-order valence-electron chi connectivity index (χ3n) is 2.82. The van der Waals surface area contributed by atoms with Crippen LogP contribution in [-0.4, -0.2) is 18.3 Å². The molecule has 0 aliphatic carbocycles. The number of nitrogens with zero attached hydrogens (tertiary/aromatic N) is 1. The SMILES string of the molecule is CCOC(C)=Nc1ccccc1C(=O)c1ccccc1. The van der Waals surface area contributed by atoms with Gasteiger partial charge in [0.05, 0.1) is 12.3 Å². The summed E-state index contributed by atoms with van der Waals surface area (Å²) in [6.07, 6.45) is 0. The molecular weight excluding hydrogens is 250 g/mol. The Bertz CT molecular complexity index is 618. The van der Waals surface area contributed by atoms with Gasteiger partial charge in [0, 0.05) is 18.1 Å². The van der Waals surface area contributed by atoms with Gasteiger partial charge in [-0.25, -0.2) is 4.99 Å². The van der Waals surface area contributed by atoms with E-state index in [0.717, 1.165) is 0 Å². The molecule has 0 bridgehead atoms. The summed E-state index contributed by atoms with van der Waals surface area (Å²) in [5.74, 6) is 0.523. The minimum atomic E-state index is -0.0331. The number of rotatable bonds is 4. The van der Waals surface area contributed by atoms with Gasteiger partial charge < -0.3 is 4.74 Å². The predicted octanol–water partition coefficient (Wildman–Crippen LogP) is 4.00. The maximum absolute atomic E-state index is 12.5. The number of aliphatic imine (C=N–C) groups is 1. The number of hydrogen-bond donors (Lipinski definition) is 0. The lowest BCUT2D eigenvalue weighted by Crippen LogP contribution is -2.03. The number of carbonyl (C=O) groups excluding carboxylic acids is 1. The van der Waals surface area contributed by atoms with E-state index in [-0.39, 0.29) is 5.78 Å². The zero-order valence-electron chi connectivity index (χ0n) is 11.7. The average Bonchev–Trinajstić information content (AvgIpc) is 2.48. The fourth-order valence-corrected chi connectivity index (χ4v) is 1.92. The summed E-state index contributed by atoms with van der Waals surface area (Å²) in [6.45, 7) is 4.25. The quantitative estimate of drug-likeness (QED) is 0.477. The number of hydrogen-bond acceptors (Lipinski definition) is 3. The van der Waals surface area contributed by atoms with E-state index < -0.39 is 0 Å². The zero-order valence-corrected chi connectivity index (χ0v) is 11.7. The van der Waals surface area contributed by atoms with Crippen LogP contribution in [0.4, 0.5) is 5.69 Å². The van der Waals surface area contributed by atoms with E-state index in [0.29, 0.717) is 29.3 Å². The van der Waals surface area contributed by atoms with E-state index in [1.807, 2.05) is 43.3 Å². The van der Waals surface area contributed by atoms with E-state index in [1.54, 1.807) is 25.1 Å². The van der Waals surface area contributed by atoms with E-state index in [2.05, 4.69) is 4.99 Å². The second-order valence-corrected chi connectivity index (χ2v) is 4.28. The van der Waals surface area contributed by atoms with Crippen LogP contribution in [0.25, 0.3) is 0 Å². The molecule has 0 atom stereocenters. The monoisotopic (exact) mass is 267 g/mol. The highest BCUT2D eigenvalue weighted by molar-refractivity contribution is 6.12. The van der Waals surface area contributed by atoms with E-state index in [9.17, 15) is 4.79 Å². The van der Waals surface area contributed by atoms with Gasteiger partial charge in [-0.05, 0) is 19.1 Å². The molecule has 0 saturated carbocycles. The predicted molar refractivity (Wildman–Crippen MR) is 80.7 cm³/mol. The molecule has 3 nitrogen and oxygen atoms in total. The highest BCUT2D eigenvalue weighted by Crippen LogP contribution is 2.22. The van der Waals surface area contributed by atoms with Crippen LogP contribution in [0.5, 0.6) is 0 Å². The van der Waals surface area contributed by atoms with Crippen LogP contribution in [0, 0.1) is 0 Å². The highest BCUT2D eigenvalue weighted by Gasteiger charge is 2.12. The van der Waals surface area contributed by atoms with Crippen molar-refractivity contribution in [2.45, 2.75) is 13.8 Å². The Labute approximate surface area is 118 Å². The molecule has 2 aromatic rings. The summed E-state index contributed by atoms with van der Waals surface area (Å²) in [4.78, 5) is 16.9. The van der Waals surface area contributed by atoms with Crippen molar-refractivity contribution in [2.75, 3.05) is 6.61 Å². The lowest BCUT2D eigenvalue weighted by atomic mass is 10.0. The minimum absolute atomic E-state index is 0.0331. The van der Waals surface area contributed by atoms with Crippen molar-refractivity contribution in [3.8, 4) is 0 Å². The molecule has 102 valence electrons. The first kappa shape index (κ1) is 14.0. The first-order valence-electron chi connectivity index (χ1n) is 6.59. The third kappa shape index (κ3) is 3.32. The Balaban J connectivity index is 2.38. The third-order valence-corrected chi connectivity index (χ3v) is 2.82. The molecule has 0 heterocycles. The number of ether oxygens (including phenoxy) is 1. The first-order valence-corrected chi connectivity index (χ1v) is 6.59. The largest absolute Gasteiger partial charge is 0.481 e. The number of ketones is 1. The molecule has 20 heavy (non-hydrogen) atoms. The number of para-hydroxylation sites is 1. The average molecular weight is 267 g/mol. The van der Waals surface area contributed by atoms with Gasteiger partial charge in [0.2, 0.25) is 0 Å². The maximum Gasteiger partial charge on any atom is 0.195 e. The number of benzene rings is 2. The lowest BCUT2D eigenvalue weighted by molar-refractivity contribution is 0.103. The summed E-state index contributed by atoms with van der Waals surface area (Å²) in [6, 6.07) is 16.5. The van der Waals surface area contributed by atoms with Gasteiger partial charge in [0.1, 0.15) is 0 Å². The molecule has 0 amide bonds. The fourth-order valence-electron chi connectivity index (χ4n) is 1.92. The topological polar surface area (TPSA) is 38.7 Å². The van der Waals surface area contributed by atoms with Crippen LogP contribution in [0.2, 0.25) is 0 Å². The van der Waals surface area contributed by atoms with Crippen LogP contribution in [-0.2, 0) is 4.74 Å². The van der Waals surface area contributed by atoms with Gasteiger partial charge in [-0.15, -0.1) is 0 Å². The molecule has 3 heteroatoms. The second kappa shape index (κ2) is 6.66. The summed E-state index contributed by atoms with van der Waals surface area (Å²) >= 11 is 0. The zero-order chi connectivity index (χ0) is 14.4. The number of carbonyl (C=O) groups is 1. The Kier molecular flexibility index (Phi) is 4.66. The summed E-state index contributed by atoms with van der Waals surface area (Å²) < 4.78 is 5.32. The molecule has 0 aromatic heterocycles. The second-order valence-electron chi connectivity index (χ2n) is 4.28. The maximum atomic E-state index is 12.5. The molecule has 0 N–H and O–H groups in total. The Morgan fingerprint density at radius 1 is 1.05 bits per heavy atom. The van der Waals surface area contributed by atoms with Gasteiger partial charge in [-0.2, -0.15) is 0 Å². The van der Waals surface area contributed by atoms with Crippen LogP contribution < -0.4 is 0 Å². The van der Waals surface area contributed by atoms with E-state index in [4.69, 9.17) is 4.74 Å². The Morgan fingerprint density at radius 2 is 1.70 bits per heavy atom. The van der Waals surface area contributed by atoms with Crippen LogP contribution >= 0.6 is 0 Å². The van der Waals surface area contributed by atoms with Crippen LogP contribution in [0.15, 0.2) is 59.6 Å². The standard InChI is InChI=1S/C17H17NO2/c1-3-20-13(2)18-16-12-8-7-11-15(16)17(19)14-9-5-4-6-10-14/h4-12H,3H2,1-2H3. The van der Waals surface area contributed by atoms with Crippen LogP contribution in [0.3, 0.4) is 0 Å². The lowest BCUT2D eigenvalue weighted by Gasteiger charge is -2.06.